The molecule has 0 bridgehead atoms. The van der Waals surface area contributed by atoms with E-state index in [4.69, 9.17) is 11.0 Å². The van der Waals surface area contributed by atoms with E-state index < -0.39 is 0 Å². The zero-order chi connectivity index (χ0) is 12.4. The number of nitrogens with one attached hydrogen (secondary N) is 1. The minimum absolute atomic E-state index is 0.0339. The van der Waals surface area contributed by atoms with Crippen LogP contribution in [0.25, 0.3) is 0 Å². The van der Waals surface area contributed by atoms with E-state index in [1.807, 2.05) is 11.0 Å². The average Bonchev–Trinajstić information content (AvgIpc) is 2.34. The molecule has 0 aromatic carbocycles. The molecule has 6 nitrogen and oxygen atoms in total. The minimum atomic E-state index is -0.286. The van der Waals surface area contributed by atoms with Gasteiger partial charge in [-0.25, -0.2) is 4.98 Å². The number of hydrogen-bond acceptors (Lipinski definition) is 5. The zero-order valence-electron chi connectivity index (χ0n) is 9.47. The molecule has 2 heterocycles. The number of nitrogens with zero attached hydrogens (tertiary/aromatic N) is 3. The van der Waals surface area contributed by atoms with Gasteiger partial charge < -0.3 is 16.0 Å². The summed E-state index contributed by atoms with van der Waals surface area (Å²) in [4.78, 5) is 17.5. The maximum absolute atomic E-state index is 11.5. The monoisotopic (exact) mass is 231 g/mol. The molecule has 0 aliphatic carbocycles. The van der Waals surface area contributed by atoms with Crippen molar-refractivity contribution < 1.29 is 4.79 Å². The summed E-state index contributed by atoms with van der Waals surface area (Å²) in [7, 11) is 0. The van der Waals surface area contributed by atoms with Gasteiger partial charge in [0.2, 0.25) is 5.91 Å². The van der Waals surface area contributed by atoms with E-state index in [1.54, 1.807) is 19.1 Å². The first kappa shape index (κ1) is 11.2. The highest BCUT2D eigenvalue weighted by Gasteiger charge is 2.26. The van der Waals surface area contributed by atoms with Gasteiger partial charge in [-0.15, -0.1) is 0 Å². The summed E-state index contributed by atoms with van der Waals surface area (Å²) >= 11 is 0. The summed E-state index contributed by atoms with van der Waals surface area (Å²) in [5.74, 6) is 0.575. The lowest BCUT2D eigenvalue weighted by atomic mass is 10.2. The van der Waals surface area contributed by atoms with E-state index in [2.05, 4.69) is 10.3 Å². The van der Waals surface area contributed by atoms with Gasteiger partial charge in [-0.05, 0) is 19.1 Å². The predicted octanol–water partition coefficient (Wildman–Crippen LogP) is -0.140. The first-order valence-electron chi connectivity index (χ1n) is 5.34. The van der Waals surface area contributed by atoms with Crippen molar-refractivity contribution >= 4 is 17.4 Å². The number of piperazine rings is 1. The highest BCUT2D eigenvalue weighted by atomic mass is 16.2. The van der Waals surface area contributed by atoms with Gasteiger partial charge in [0.1, 0.15) is 17.9 Å². The van der Waals surface area contributed by atoms with Crippen LogP contribution in [0, 0.1) is 11.3 Å². The molecule has 1 saturated heterocycles. The number of amides is 1. The molecular formula is C11H13N5O. The number of nitriles is 1. The quantitative estimate of drug-likeness (QED) is 0.701. The molecule has 0 saturated carbocycles. The van der Waals surface area contributed by atoms with E-state index in [-0.39, 0.29) is 17.6 Å². The first-order chi connectivity index (χ1) is 8.13. The molecule has 1 aliphatic heterocycles. The van der Waals surface area contributed by atoms with Gasteiger partial charge in [0, 0.05) is 13.1 Å². The van der Waals surface area contributed by atoms with Crippen molar-refractivity contribution in [2.24, 2.45) is 0 Å². The van der Waals surface area contributed by atoms with E-state index >= 15 is 0 Å². The molecule has 1 aromatic heterocycles. The largest absolute Gasteiger partial charge is 0.396 e. The Hall–Kier alpha value is -2.29. The average molecular weight is 231 g/mol. The van der Waals surface area contributed by atoms with Gasteiger partial charge in [0.05, 0.1) is 5.69 Å². The molecule has 6 heteroatoms. The lowest BCUT2D eigenvalue weighted by Gasteiger charge is -2.33. The molecule has 1 amide bonds. The van der Waals surface area contributed by atoms with Gasteiger partial charge in [0.25, 0.3) is 0 Å². The fraction of sp³-hybridized carbons (Fsp3) is 0.364. The van der Waals surface area contributed by atoms with E-state index in [0.717, 1.165) is 0 Å². The Morgan fingerprint density at radius 2 is 2.41 bits per heavy atom. The van der Waals surface area contributed by atoms with E-state index in [1.165, 1.54) is 0 Å². The van der Waals surface area contributed by atoms with Crippen LogP contribution in [-0.4, -0.2) is 30.0 Å². The minimum Gasteiger partial charge on any atom is -0.396 e. The second-order valence-corrected chi connectivity index (χ2v) is 3.88. The number of hydrogen-bond donors (Lipinski definition) is 2. The molecule has 17 heavy (non-hydrogen) atoms. The second kappa shape index (κ2) is 4.29. The highest BCUT2D eigenvalue weighted by molar-refractivity contribution is 5.85. The van der Waals surface area contributed by atoms with Crippen LogP contribution in [0.5, 0.6) is 0 Å². The smallest absolute Gasteiger partial charge is 0.242 e. The van der Waals surface area contributed by atoms with Crippen LogP contribution in [0.15, 0.2) is 12.1 Å². The number of aromatic nitrogens is 1. The topological polar surface area (TPSA) is 95.0 Å². The molecule has 1 aliphatic rings. The summed E-state index contributed by atoms with van der Waals surface area (Å²) in [6.07, 6.45) is 0. The predicted molar refractivity (Wildman–Crippen MR) is 63.2 cm³/mol. The molecule has 3 N–H and O–H groups in total. The molecule has 88 valence electrons. The fourth-order valence-electron chi connectivity index (χ4n) is 1.80. The number of rotatable bonds is 1. The number of carbonyl (C=O) groups is 1. The Morgan fingerprint density at radius 1 is 1.65 bits per heavy atom. The lowest BCUT2D eigenvalue weighted by molar-refractivity contribution is -0.122. The Kier molecular flexibility index (Phi) is 2.83. The summed E-state index contributed by atoms with van der Waals surface area (Å²) in [6.45, 7) is 3.06. The van der Waals surface area contributed by atoms with Gasteiger partial charge in [-0.2, -0.15) is 5.26 Å². The summed E-state index contributed by atoms with van der Waals surface area (Å²) in [5.41, 5.74) is 6.16. The van der Waals surface area contributed by atoms with Crippen LogP contribution < -0.4 is 16.0 Å². The summed E-state index contributed by atoms with van der Waals surface area (Å²) < 4.78 is 0. The third-order valence-electron chi connectivity index (χ3n) is 2.81. The molecule has 1 aromatic rings. The molecular weight excluding hydrogens is 218 g/mol. The van der Waals surface area contributed by atoms with E-state index in [0.29, 0.717) is 24.6 Å². The molecule has 0 spiro atoms. The zero-order valence-corrected chi connectivity index (χ0v) is 9.47. The van der Waals surface area contributed by atoms with Crippen molar-refractivity contribution in [1.82, 2.24) is 10.3 Å². The van der Waals surface area contributed by atoms with Gasteiger partial charge in [0.15, 0.2) is 5.69 Å². The number of pyridine rings is 1. The van der Waals surface area contributed by atoms with E-state index in [9.17, 15) is 4.79 Å². The van der Waals surface area contributed by atoms with Crippen molar-refractivity contribution in [1.29, 1.82) is 5.26 Å². The van der Waals surface area contributed by atoms with Gasteiger partial charge in [-0.1, -0.05) is 0 Å². The second-order valence-electron chi connectivity index (χ2n) is 3.88. The van der Waals surface area contributed by atoms with Gasteiger partial charge >= 0.3 is 0 Å². The highest BCUT2D eigenvalue weighted by Crippen LogP contribution is 2.19. The van der Waals surface area contributed by atoms with Crippen LogP contribution in [-0.2, 0) is 4.79 Å². The SMILES string of the molecule is CC1C(=O)NCCN1c1ccc(N)c(C#N)n1. The Bertz CT molecular complexity index is 493. The Balaban J connectivity index is 2.34. The number of nitrogens with two attached hydrogens (primary N) is 1. The number of carbonyl (C=O) groups excluding carboxylic acids is 1. The number of anilines is 2. The fourth-order valence-corrected chi connectivity index (χ4v) is 1.80. The van der Waals surface area contributed by atoms with Crippen LogP contribution in [0.1, 0.15) is 12.6 Å². The Labute approximate surface area is 99.0 Å². The van der Waals surface area contributed by atoms with Crippen LogP contribution >= 0.6 is 0 Å². The third-order valence-corrected chi connectivity index (χ3v) is 2.81. The normalized spacial score (nSPS) is 19.6. The first-order valence-corrected chi connectivity index (χ1v) is 5.34. The van der Waals surface area contributed by atoms with Crippen molar-refractivity contribution in [2.45, 2.75) is 13.0 Å². The van der Waals surface area contributed by atoms with Crippen LogP contribution in [0.3, 0.4) is 0 Å². The molecule has 1 fully saturated rings. The van der Waals surface area contributed by atoms with Crippen molar-refractivity contribution in [2.75, 3.05) is 23.7 Å². The lowest BCUT2D eigenvalue weighted by Crippen LogP contribution is -2.54. The standard InChI is InChI=1S/C11H13N5O/c1-7-11(17)14-4-5-16(7)10-3-2-8(13)9(6-12)15-10/h2-3,7H,4-5,13H2,1H3,(H,14,17). The maximum atomic E-state index is 11.5. The third kappa shape index (κ3) is 1.99. The molecule has 1 unspecified atom stereocenters. The van der Waals surface area contributed by atoms with Crippen molar-refractivity contribution in [3.8, 4) is 6.07 Å². The summed E-state index contributed by atoms with van der Waals surface area (Å²) in [6, 6.07) is 5.02. The maximum Gasteiger partial charge on any atom is 0.242 e. The van der Waals surface area contributed by atoms with Crippen LogP contribution in [0.4, 0.5) is 11.5 Å². The van der Waals surface area contributed by atoms with Crippen LogP contribution in [0.2, 0.25) is 0 Å². The molecule has 2 rings (SSSR count). The Morgan fingerprint density at radius 3 is 3.12 bits per heavy atom. The van der Waals surface area contributed by atoms with Gasteiger partial charge in [-0.3, -0.25) is 4.79 Å². The van der Waals surface area contributed by atoms with Crippen molar-refractivity contribution in [3.63, 3.8) is 0 Å². The van der Waals surface area contributed by atoms with Crippen molar-refractivity contribution in [3.05, 3.63) is 17.8 Å². The molecule has 1 atom stereocenters. The summed E-state index contributed by atoms with van der Waals surface area (Å²) in [5, 5.41) is 11.6. The molecule has 0 radical (unpaired) electrons. The number of nitrogen functional groups attached to an aromatic ring is 1.